The summed E-state index contributed by atoms with van der Waals surface area (Å²) in [5, 5.41) is 3.06. The van der Waals surface area contributed by atoms with Crippen molar-refractivity contribution in [2.45, 2.75) is 17.9 Å². The molecule has 2 aromatic rings. The van der Waals surface area contributed by atoms with Crippen LogP contribution in [0.1, 0.15) is 12.5 Å². The minimum atomic E-state index is -0.260. The maximum absolute atomic E-state index is 12.2. The average molecular weight is 364 g/mol. The van der Waals surface area contributed by atoms with E-state index in [2.05, 4.69) is 21.4 Å². The van der Waals surface area contributed by atoms with Crippen LogP contribution in [0.2, 0.25) is 5.02 Å². The topological polar surface area (TPSA) is 54.4 Å². The summed E-state index contributed by atoms with van der Waals surface area (Å²) in [6.45, 7) is 1.86. The van der Waals surface area contributed by atoms with Crippen LogP contribution in [0.5, 0.6) is 0 Å². The third-order valence-corrected chi connectivity index (χ3v) is 5.70. The molecule has 0 radical (unpaired) electrons. The first-order valence-electron chi connectivity index (χ1n) is 7.00. The van der Waals surface area contributed by atoms with Gasteiger partial charge in [0.1, 0.15) is 10.2 Å². The Balaban J connectivity index is 1.63. The van der Waals surface area contributed by atoms with E-state index in [0.717, 1.165) is 15.8 Å². The van der Waals surface area contributed by atoms with E-state index in [-0.39, 0.29) is 11.2 Å². The van der Waals surface area contributed by atoms with Crippen LogP contribution in [0.25, 0.3) is 0 Å². The number of thioether (sulfide) groups is 2. The van der Waals surface area contributed by atoms with Crippen molar-refractivity contribution in [2.75, 3.05) is 5.32 Å². The summed E-state index contributed by atoms with van der Waals surface area (Å²) in [6, 6.07) is 11.4. The number of fused-ring (bicyclic) bond motifs is 1. The molecule has 7 heteroatoms. The van der Waals surface area contributed by atoms with E-state index >= 15 is 0 Å². The Morgan fingerprint density at radius 3 is 2.96 bits per heavy atom. The summed E-state index contributed by atoms with van der Waals surface area (Å²) < 4.78 is 0.912. The maximum atomic E-state index is 12.2. The molecule has 1 N–H and O–H groups in total. The van der Waals surface area contributed by atoms with Gasteiger partial charge in [0.05, 0.1) is 16.0 Å². The molecule has 1 aliphatic heterocycles. The number of nitrogens with zero attached hydrogens (tertiary/aromatic N) is 2. The highest BCUT2D eigenvalue weighted by atomic mass is 35.5. The van der Waals surface area contributed by atoms with E-state index in [9.17, 15) is 4.79 Å². The number of aliphatic imine (C=N–C) groups is 1. The monoisotopic (exact) mass is 363 g/mol. The molecule has 1 amide bonds. The largest absolute Gasteiger partial charge is 0.310 e. The SMILES string of the molecule is C[C@@H](SC1=Nc2ccccc2CS1)C(=O)Nc1ccc(Cl)cn1. The Kier molecular flexibility index (Phi) is 5.25. The zero-order valence-electron chi connectivity index (χ0n) is 12.3. The predicted octanol–water partition coefficient (Wildman–Crippen LogP) is 4.73. The van der Waals surface area contributed by atoms with Crippen molar-refractivity contribution in [1.29, 1.82) is 0 Å². The fourth-order valence-electron chi connectivity index (χ4n) is 1.95. The molecule has 118 valence electrons. The van der Waals surface area contributed by atoms with Gasteiger partial charge in [-0.25, -0.2) is 9.98 Å². The van der Waals surface area contributed by atoms with Crippen LogP contribution in [0.3, 0.4) is 0 Å². The summed E-state index contributed by atoms with van der Waals surface area (Å²) in [7, 11) is 0. The summed E-state index contributed by atoms with van der Waals surface area (Å²) in [4.78, 5) is 20.9. The van der Waals surface area contributed by atoms with Crippen LogP contribution in [0, 0.1) is 0 Å². The van der Waals surface area contributed by atoms with Crippen LogP contribution in [0.15, 0.2) is 47.6 Å². The lowest BCUT2D eigenvalue weighted by atomic mass is 10.2. The lowest BCUT2D eigenvalue weighted by Crippen LogP contribution is -2.24. The van der Waals surface area contributed by atoms with Gasteiger partial charge in [-0.2, -0.15) is 0 Å². The van der Waals surface area contributed by atoms with E-state index in [4.69, 9.17) is 11.6 Å². The van der Waals surface area contributed by atoms with Gasteiger partial charge in [0.25, 0.3) is 0 Å². The second-order valence-electron chi connectivity index (χ2n) is 4.91. The molecule has 1 aromatic carbocycles. The summed E-state index contributed by atoms with van der Waals surface area (Å²) in [5.41, 5.74) is 2.21. The third kappa shape index (κ3) is 4.28. The van der Waals surface area contributed by atoms with Crippen molar-refractivity contribution in [3.8, 4) is 0 Å². The van der Waals surface area contributed by atoms with Crippen LogP contribution >= 0.6 is 35.1 Å². The van der Waals surface area contributed by atoms with Crippen molar-refractivity contribution >= 4 is 56.9 Å². The molecule has 0 spiro atoms. The minimum Gasteiger partial charge on any atom is -0.310 e. The standard InChI is InChI=1S/C16H14ClN3OS2/c1-10(15(21)20-14-7-6-12(17)8-18-14)23-16-19-13-5-3-2-4-11(13)9-22-16/h2-8,10H,9H2,1H3,(H,18,20,21)/t10-/m1/s1. The van der Waals surface area contributed by atoms with Gasteiger partial charge < -0.3 is 5.32 Å². The van der Waals surface area contributed by atoms with Gasteiger partial charge >= 0.3 is 0 Å². The number of rotatable bonds is 3. The second kappa shape index (κ2) is 7.38. The number of hydrogen-bond donors (Lipinski definition) is 1. The summed E-state index contributed by atoms with van der Waals surface area (Å²) in [5.74, 6) is 1.28. The van der Waals surface area contributed by atoms with Crippen molar-refractivity contribution in [1.82, 2.24) is 4.98 Å². The van der Waals surface area contributed by atoms with Gasteiger partial charge in [0, 0.05) is 11.9 Å². The number of anilines is 1. The van der Waals surface area contributed by atoms with Gasteiger partial charge in [-0.3, -0.25) is 4.79 Å². The van der Waals surface area contributed by atoms with Crippen molar-refractivity contribution < 1.29 is 4.79 Å². The highest BCUT2D eigenvalue weighted by Crippen LogP contribution is 2.35. The number of halogens is 1. The van der Waals surface area contributed by atoms with Crippen molar-refractivity contribution in [2.24, 2.45) is 4.99 Å². The quantitative estimate of drug-likeness (QED) is 0.856. The molecular formula is C16H14ClN3OS2. The zero-order chi connectivity index (χ0) is 16.2. The molecule has 0 bridgehead atoms. The van der Waals surface area contributed by atoms with Crippen LogP contribution in [-0.4, -0.2) is 20.5 Å². The molecule has 4 nitrogen and oxygen atoms in total. The molecule has 23 heavy (non-hydrogen) atoms. The van der Waals surface area contributed by atoms with Crippen LogP contribution in [0.4, 0.5) is 11.5 Å². The molecule has 2 heterocycles. The molecule has 1 aliphatic rings. The van der Waals surface area contributed by atoms with Gasteiger partial charge in [-0.05, 0) is 30.7 Å². The number of nitrogens with one attached hydrogen (secondary N) is 1. The number of benzene rings is 1. The van der Waals surface area contributed by atoms with Gasteiger partial charge in [0.2, 0.25) is 5.91 Å². The Morgan fingerprint density at radius 1 is 1.35 bits per heavy atom. The summed E-state index contributed by atoms with van der Waals surface area (Å²) in [6.07, 6.45) is 1.51. The predicted molar refractivity (Wildman–Crippen MR) is 99.8 cm³/mol. The fourth-order valence-corrected chi connectivity index (χ4v) is 4.25. The average Bonchev–Trinajstić information content (AvgIpc) is 2.56. The molecule has 1 aromatic heterocycles. The van der Waals surface area contributed by atoms with Gasteiger partial charge in [0.15, 0.2) is 0 Å². The van der Waals surface area contributed by atoms with Gasteiger partial charge in [-0.15, -0.1) is 0 Å². The number of pyridine rings is 1. The van der Waals surface area contributed by atoms with Crippen molar-refractivity contribution in [3.05, 3.63) is 53.2 Å². The molecule has 0 fully saturated rings. The minimum absolute atomic E-state index is 0.105. The highest BCUT2D eigenvalue weighted by molar-refractivity contribution is 8.39. The first kappa shape index (κ1) is 16.4. The molecule has 1 atom stereocenters. The lowest BCUT2D eigenvalue weighted by molar-refractivity contribution is -0.115. The molecule has 0 saturated heterocycles. The smallest absolute Gasteiger partial charge is 0.238 e. The third-order valence-electron chi connectivity index (χ3n) is 3.18. The molecule has 0 saturated carbocycles. The fraction of sp³-hybridized carbons (Fsp3) is 0.188. The number of para-hydroxylation sites is 1. The Bertz CT molecular complexity index is 749. The lowest BCUT2D eigenvalue weighted by Gasteiger charge is -2.17. The molecule has 0 unspecified atom stereocenters. The summed E-state index contributed by atoms with van der Waals surface area (Å²) >= 11 is 8.90. The molecular weight excluding hydrogens is 350 g/mol. The van der Waals surface area contributed by atoms with E-state index < -0.39 is 0 Å². The van der Waals surface area contributed by atoms with E-state index in [1.807, 2.05) is 25.1 Å². The first-order chi connectivity index (χ1) is 11.1. The Morgan fingerprint density at radius 2 is 2.17 bits per heavy atom. The number of aromatic nitrogens is 1. The number of hydrogen-bond acceptors (Lipinski definition) is 5. The second-order valence-corrected chi connectivity index (χ2v) is 7.89. The van der Waals surface area contributed by atoms with E-state index in [1.165, 1.54) is 23.5 Å². The Labute approximate surface area is 148 Å². The normalized spacial score (nSPS) is 14.6. The van der Waals surface area contributed by atoms with E-state index in [0.29, 0.717) is 10.8 Å². The number of carbonyl (C=O) groups excluding carboxylic acids is 1. The van der Waals surface area contributed by atoms with Gasteiger partial charge in [-0.1, -0.05) is 53.3 Å². The molecule has 0 aliphatic carbocycles. The maximum Gasteiger partial charge on any atom is 0.238 e. The highest BCUT2D eigenvalue weighted by Gasteiger charge is 2.20. The molecule has 3 rings (SSSR count). The van der Waals surface area contributed by atoms with Crippen LogP contribution < -0.4 is 5.32 Å². The Hall–Kier alpha value is -1.50. The van der Waals surface area contributed by atoms with E-state index in [1.54, 1.807) is 23.9 Å². The van der Waals surface area contributed by atoms with Crippen LogP contribution in [-0.2, 0) is 10.5 Å². The zero-order valence-corrected chi connectivity index (χ0v) is 14.7. The number of carbonyl (C=O) groups is 1. The first-order valence-corrected chi connectivity index (χ1v) is 9.24. The number of amides is 1. The van der Waals surface area contributed by atoms with Crippen molar-refractivity contribution in [3.63, 3.8) is 0 Å².